The van der Waals surface area contributed by atoms with Crippen LogP contribution in [0.15, 0.2) is 16.7 Å². The van der Waals surface area contributed by atoms with E-state index < -0.39 is 0 Å². The fraction of sp³-hybridized carbons (Fsp3) is 0.688. The lowest BCUT2D eigenvalue weighted by atomic mass is 9.84. The smallest absolute Gasteiger partial charge is 0.226 e. The van der Waals surface area contributed by atoms with Crippen molar-refractivity contribution < 1.29 is 9.21 Å². The van der Waals surface area contributed by atoms with Crippen molar-refractivity contribution in [2.75, 3.05) is 6.54 Å². The monoisotopic (exact) mass is 263 g/mol. The van der Waals surface area contributed by atoms with Gasteiger partial charge in [0, 0.05) is 31.0 Å². The van der Waals surface area contributed by atoms with Gasteiger partial charge in [-0.15, -0.1) is 0 Å². The molecule has 0 unspecified atom stereocenters. The molecule has 3 heteroatoms. The van der Waals surface area contributed by atoms with Crippen molar-refractivity contribution in [2.45, 2.75) is 47.1 Å². The summed E-state index contributed by atoms with van der Waals surface area (Å²) in [5, 5.41) is 0. The Labute approximate surface area is 116 Å². The second-order valence-electron chi connectivity index (χ2n) is 6.25. The predicted molar refractivity (Wildman–Crippen MR) is 75.6 cm³/mol. The molecule has 0 aromatic carbocycles. The molecular formula is C16H25NO2. The first-order chi connectivity index (χ1) is 9.00. The molecule has 2 heterocycles. The number of nitrogens with zero attached hydrogens (tertiary/aromatic N) is 1. The number of hydrogen-bond acceptors (Lipinski definition) is 2. The van der Waals surface area contributed by atoms with Gasteiger partial charge >= 0.3 is 0 Å². The van der Waals surface area contributed by atoms with Gasteiger partial charge in [0.2, 0.25) is 5.91 Å². The van der Waals surface area contributed by atoms with Gasteiger partial charge in [0.15, 0.2) is 0 Å². The molecule has 1 aliphatic rings. The van der Waals surface area contributed by atoms with Gasteiger partial charge in [-0.3, -0.25) is 4.79 Å². The fourth-order valence-corrected chi connectivity index (χ4v) is 3.18. The molecule has 0 radical (unpaired) electrons. The molecule has 1 amide bonds. The molecule has 2 rings (SSSR count). The third-order valence-electron chi connectivity index (χ3n) is 4.06. The zero-order valence-electron chi connectivity index (χ0n) is 12.5. The molecule has 0 atom stereocenters. The van der Waals surface area contributed by atoms with E-state index >= 15 is 0 Å². The average molecular weight is 263 g/mol. The summed E-state index contributed by atoms with van der Waals surface area (Å²) in [6, 6.07) is 2.00. The summed E-state index contributed by atoms with van der Waals surface area (Å²) in [7, 11) is 0. The minimum Gasteiger partial charge on any atom is -0.469 e. The van der Waals surface area contributed by atoms with Gasteiger partial charge in [-0.05, 0) is 24.3 Å². The molecule has 1 aliphatic heterocycles. The summed E-state index contributed by atoms with van der Waals surface area (Å²) < 4.78 is 5.48. The Balaban J connectivity index is 2.15. The highest BCUT2D eigenvalue weighted by Crippen LogP contribution is 2.26. The zero-order valence-corrected chi connectivity index (χ0v) is 12.5. The Morgan fingerprint density at radius 3 is 2.58 bits per heavy atom. The van der Waals surface area contributed by atoms with E-state index in [1.807, 2.05) is 11.0 Å². The maximum absolute atomic E-state index is 12.8. The minimum atomic E-state index is 0.119. The molecule has 0 N–H and O–H groups in total. The molecule has 0 bridgehead atoms. The number of rotatable bonds is 3. The maximum atomic E-state index is 12.8. The van der Waals surface area contributed by atoms with E-state index in [9.17, 15) is 4.79 Å². The second kappa shape index (κ2) is 5.81. The SMILES string of the molecule is CC(C)C(C(=O)N1CCCc2occc2C1)C(C)C. The standard InChI is InChI=1S/C16H25NO2/c1-11(2)15(12(3)4)16(18)17-8-5-6-14-13(10-17)7-9-19-14/h7,9,11-12,15H,5-6,8,10H2,1-4H3. The number of carbonyl (C=O) groups is 1. The molecule has 0 spiro atoms. The van der Waals surface area contributed by atoms with Crippen LogP contribution in [0, 0.1) is 17.8 Å². The Hall–Kier alpha value is -1.25. The molecule has 0 fully saturated rings. The van der Waals surface area contributed by atoms with Crippen molar-refractivity contribution in [1.29, 1.82) is 0 Å². The molecule has 1 aromatic rings. The first kappa shape index (κ1) is 14.2. The van der Waals surface area contributed by atoms with Gasteiger partial charge in [-0.25, -0.2) is 0 Å². The average Bonchev–Trinajstić information content (AvgIpc) is 2.65. The van der Waals surface area contributed by atoms with Crippen molar-refractivity contribution in [3.63, 3.8) is 0 Å². The van der Waals surface area contributed by atoms with Crippen LogP contribution in [0.4, 0.5) is 0 Å². The summed E-state index contributed by atoms with van der Waals surface area (Å²) in [6.07, 6.45) is 3.68. The molecule has 0 aliphatic carbocycles. The highest BCUT2D eigenvalue weighted by molar-refractivity contribution is 5.79. The van der Waals surface area contributed by atoms with Gasteiger partial charge < -0.3 is 9.32 Å². The Morgan fingerprint density at radius 2 is 1.95 bits per heavy atom. The molecule has 3 nitrogen and oxygen atoms in total. The minimum absolute atomic E-state index is 0.119. The molecular weight excluding hydrogens is 238 g/mol. The number of amides is 1. The van der Waals surface area contributed by atoms with Crippen molar-refractivity contribution in [3.05, 3.63) is 23.7 Å². The number of hydrogen-bond donors (Lipinski definition) is 0. The summed E-state index contributed by atoms with van der Waals surface area (Å²) in [5.41, 5.74) is 1.18. The predicted octanol–water partition coefficient (Wildman–Crippen LogP) is 3.48. The zero-order chi connectivity index (χ0) is 14.0. The molecule has 106 valence electrons. The lowest BCUT2D eigenvalue weighted by Crippen LogP contribution is -2.40. The van der Waals surface area contributed by atoms with Crippen LogP contribution in [-0.4, -0.2) is 17.4 Å². The molecule has 1 aromatic heterocycles. The van der Waals surface area contributed by atoms with Crippen LogP contribution < -0.4 is 0 Å². The topological polar surface area (TPSA) is 33.5 Å². The third kappa shape index (κ3) is 3.02. The molecule has 0 saturated carbocycles. The van der Waals surface area contributed by atoms with Crippen LogP contribution in [0.5, 0.6) is 0 Å². The van der Waals surface area contributed by atoms with Gasteiger partial charge in [0.05, 0.1) is 6.26 Å². The van der Waals surface area contributed by atoms with Crippen molar-refractivity contribution in [2.24, 2.45) is 17.8 Å². The number of fused-ring (bicyclic) bond motifs is 1. The van der Waals surface area contributed by atoms with E-state index in [1.54, 1.807) is 6.26 Å². The van der Waals surface area contributed by atoms with Crippen molar-refractivity contribution >= 4 is 5.91 Å². The van der Waals surface area contributed by atoms with E-state index in [1.165, 1.54) is 5.56 Å². The fourth-order valence-electron chi connectivity index (χ4n) is 3.18. The molecule has 19 heavy (non-hydrogen) atoms. The summed E-state index contributed by atoms with van der Waals surface area (Å²) >= 11 is 0. The van der Waals surface area contributed by atoms with Crippen LogP contribution >= 0.6 is 0 Å². The van der Waals surface area contributed by atoms with Crippen LogP contribution in [-0.2, 0) is 17.8 Å². The Kier molecular flexibility index (Phi) is 4.33. The van der Waals surface area contributed by atoms with Gasteiger partial charge in [0.25, 0.3) is 0 Å². The quantitative estimate of drug-likeness (QED) is 0.836. The van der Waals surface area contributed by atoms with Crippen LogP contribution in [0.3, 0.4) is 0 Å². The highest BCUT2D eigenvalue weighted by Gasteiger charge is 2.31. The summed E-state index contributed by atoms with van der Waals surface area (Å²) in [5.74, 6) is 2.26. The van der Waals surface area contributed by atoms with Gasteiger partial charge in [-0.1, -0.05) is 27.7 Å². The number of carbonyl (C=O) groups excluding carboxylic acids is 1. The van der Waals surface area contributed by atoms with E-state index in [0.717, 1.165) is 25.1 Å². The van der Waals surface area contributed by atoms with Crippen molar-refractivity contribution in [1.82, 2.24) is 4.90 Å². The maximum Gasteiger partial charge on any atom is 0.226 e. The van der Waals surface area contributed by atoms with Crippen LogP contribution in [0.2, 0.25) is 0 Å². The summed E-state index contributed by atoms with van der Waals surface area (Å²) in [6.45, 7) is 10.1. The van der Waals surface area contributed by atoms with Crippen molar-refractivity contribution in [3.8, 4) is 0 Å². The Morgan fingerprint density at radius 1 is 1.26 bits per heavy atom. The number of aryl methyl sites for hydroxylation is 1. The largest absolute Gasteiger partial charge is 0.469 e. The van der Waals surface area contributed by atoms with E-state index in [0.29, 0.717) is 24.3 Å². The molecule has 0 saturated heterocycles. The first-order valence-corrected chi connectivity index (χ1v) is 7.34. The van der Waals surface area contributed by atoms with E-state index in [-0.39, 0.29) is 5.92 Å². The third-order valence-corrected chi connectivity index (χ3v) is 4.06. The van der Waals surface area contributed by atoms with Gasteiger partial charge in [0.1, 0.15) is 5.76 Å². The first-order valence-electron chi connectivity index (χ1n) is 7.34. The van der Waals surface area contributed by atoms with E-state index in [4.69, 9.17) is 4.42 Å². The lowest BCUT2D eigenvalue weighted by molar-refractivity contribution is -0.139. The van der Waals surface area contributed by atoms with E-state index in [2.05, 4.69) is 27.7 Å². The Bertz CT molecular complexity index is 426. The van der Waals surface area contributed by atoms with Crippen LogP contribution in [0.25, 0.3) is 0 Å². The summed E-state index contributed by atoms with van der Waals surface area (Å²) in [4.78, 5) is 14.8. The number of furan rings is 1. The highest BCUT2D eigenvalue weighted by atomic mass is 16.3. The second-order valence-corrected chi connectivity index (χ2v) is 6.25. The van der Waals surface area contributed by atoms with Crippen LogP contribution in [0.1, 0.15) is 45.4 Å². The lowest BCUT2D eigenvalue weighted by Gasteiger charge is -2.30. The normalized spacial score (nSPS) is 16.1. The van der Waals surface area contributed by atoms with Gasteiger partial charge in [-0.2, -0.15) is 0 Å².